The predicted molar refractivity (Wildman–Crippen MR) is 93.3 cm³/mol. The van der Waals surface area contributed by atoms with Crippen LogP contribution in [0.4, 0.5) is 0 Å². The minimum atomic E-state index is 0.220. The Hall–Kier alpha value is -1.59. The van der Waals surface area contributed by atoms with Crippen LogP contribution in [0.15, 0.2) is 35.3 Å². The maximum absolute atomic E-state index is 5.16. The molecule has 0 bridgehead atoms. The predicted octanol–water partition coefficient (Wildman–Crippen LogP) is 1.88. The highest BCUT2D eigenvalue weighted by molar-refractivity contribution is 5.80. The highest BCUT2D eigenvalue weighted by atomic mass is 16.5. The molecule has 22 heavy (non-hydrogen) atoms. The van der Waals surface area contributed by atoms with E-state index in [1.54, 1.807) is 7.11 Å². The molecule has 1 aromatic carbocycles. The van der Waals surface area contributed by atoms with Gasteiger partial charge in [-0.1, -0.05) is 30.3 Å². The van der Waals surface area contributed by atoms with Crippen molar-refractivity contribution in [1.29, 1.82) is 0 Å². The number of nitrogens with zero attached hydrogens (tertiary/aromatic N) is 2. The monoisotopic (exact) mass is 306 g/mol. The van der Waals surface area contributed by atoms with Gasteiger partial charge in [-0.3, -0.25) is 4.99 Å². The number of aliphatic imine (C=N–C) groups is 1. The van der Waals surface area contributed by atoms with E-state index >= 15 is 0 Å². The number of rotatable bonds is 8. The van der Waals surface area contributed by atoms with E-state index in [2.05, 4.69) is 67.7 Å². The molecule has 0 radical (unpaired) electrons. The zero-order valence-corrected chi connectivity index (χ0v) is 14.5. The summed E-state index contributed by atoms with van der Waals surface area (Å²) in [5.74, 6) is 0.829. The second-order valence-electron chi connectivity index (χ2n) is 5.61. The number of hydrogen-bond acceptors (Lipinski definition) is 3. The summed E-state index contributed by atoms with van der Waals surface area (Å²) in [5, 5.41) is 6.64. The SMILES string of the molecule is CCNC(=NCC(c1ccccc1)N(C)C)NC(C)COC. The molecule has 2 N–H and O–H groups in total. The van der Waals surface area contributed by atoms with Crippen molar-refractivity contribution in [3.05, 3.63) is 35.9 Å². The summed E-state index contributed by atoms with van der Waals surface area (Å²) >= 11 is 0. The van der Waals surface area contributed by atoms with Crippen molar-refractivity contribution < 1.29 is 4.74 Å². The van der Waals surface area contributed by atoms with Crippen LogP contribution in [0.3, 0.4) is 0 Å². The Morgan fingerprint density at radius 1 is 1.27 bits per heavy atom. The molecule has 1 aromatic rings. The molecule has 0 heterocycles. The second-order valence-corrected chi connectivity index (χ2v) is 5.61. The van der Waals surface area contributed by atoms with Gasteiger partial charge < -0.3 is 20.3 Å². The fourth-order valence-electron chi connectivity index (χ4n) is 2.26. The number of guanidine groups is 1. The van der Waals surface area contributed by atoms with Gasteiger partial charge in [0.1, 0.15) is 0 Å². The molecule has 1 rings (SSSR count). The van der Waals surface area contributed by atoms with E-state index in [0.29, 0.717) is 13.2 Å². The van der Waals surface area contributed by atoms with Crippen LogP contribution in [0.2, 0.25) is 0 Å². The van der Waals surface area contributed by atoms with Crippen LogP contribution in [0.25, 0.3) is 0 Å². The van der Waals surface area contributed by atoms with Gasteiger partial charge in [0.05, 0.1) is 19.2 Å². The first kappa shape index (κ1) is 18.5. The molecular formula is C17H30N4O. The van der Waals surface area contributed by atoms with Crippen LogP contribution < -0.4 is 10.6 Å². The molecule has 0 amide bonds. The van der Waals surface area contributed by atoms with Gasteiger partial charge in [0.15, 0.2) is 5.96 Å². The highest BCUT2D eigenvalue weighted by Crippen LogP contribution is 2.17. The molecule has 5 nitrogen and oxygen atoms in total. The first-order chi connectivity index (χ1) is 10.6. The third-order valence-electron chi connectivity index (χ3n) is 3.37. The van der Waals surface area contributed by atoms with Gasteiger partial charge in [-0.15, -0.1) is 0 Å². The fraction of sp³-hybridized carbons (Fsp3) is 0.588. The van der Waals surface area contributed by atoms with E-state index in [1.807, 2.05) is 6.07 Å². The molecular weight excluding hydrogens is 276 g/mol. The Morgan fingerprint density at radius 3 is 2.50 bits per heavy atom. The average molecular weight is 306 g/mol. The number of hydrogen-bond donors (Lipinski definition) is 2. The Balaban J connectivity index is 2.76. The lowest BCUT2D eigenvalue weighted by atomic mass is 10.1. The summed E-state index contributed by atoms with van der Waals surface area (Å²) in [6, 6.07) is 10.9. The van der Waals surface area contributed by atoms with Crippen molar-refractivity contribution in [1.82, 2.24) is 15.5 Å². The van der Waals surface area contributed by atoms with Gasteiger partial charge >= 0.3 is 0 Å². The first-order valence-corrected chi connectivity index (χ1v) is 7.83. The largest absolute Gasteiger partial charge is 0.383 e. The van der Waals surface area contributed by atoms with Gasteiger partial charge in [0.2, 0.25) is 0 Å². The van der Waals surface area contributed by atoms with Crippen molar-refractivity contribution in [3.63, 3.8) is 0 Å². The van der Waals surface area contributed by atoms with Crippen LogP contribution in [-0.4, -0.2) is 57.8 Å². The van der Waals surface area contributed by atoms with Crippen LogP contribution in [0.5, 0.6) is 0 Å². The normalized spacial score (nSPS) is 14.7. The Morgan fingerprint density at radius 2 is 1.95 bits per heavy atom. The van der Waals surface area contributed by atoms with E-state index in [-0.39, 0.29) is 12.1 Å². The lowest BCUT2D eigenvalue weighted by Crippen LogP contribution is -2.44. The minimum Gasteiger partial charge on any atom is -0.383 e. The van der Waals surface area contributed by atoms with Crippen LogP contribution >= 0.6 is 0 Å². The van der Waals surface area contributed by atoms with Crippen molar-refractivity contribution in [2.24, 2.45) is 4.99 Å². The number of ether oxygens (including phenoxy) is 1. The summed E-state index contributed by atoms with van der Waals surface area (Å²) < 4.78 is 5.16. The molecule has 0 aliphatic rings. The van der Waals surface area contributed by atoms with Gasteiger partial charge in [0, 0.05) is 19.7 Å². The average Bonchev–Trinajstić information content (AvgIpc) is 2.48. The van der Waals surface area contributed by atoms with Crippen LogP contribution in [-0.2, 0) is 4.74 Å². The van der Waals surface area contributed by atoms with Gasteiger partial charge in [0.25, 0.3) is 0 Å². The Labute approximate surface area is 134 Å². The quantitative estimate of drug-likeness (QED) is 0.569. The zero-order valence-electron chi connectivity index (χ0n) is 14.5. The molecule has 0 saturated carbocycles. The molecule has 5 heteroatoms. The van der Waals surface area contributed by atoms with E-state index in [1.165, 1.54) is 5.56 Å². The first-order valence-electron chi connectivity index (χ1n) is 7.83. The van der Waals surface area contributed by atoms with E-state index < -0.39 is 0 Å². The molecule has 2 unspecified atom stereocenters. The van der Waals surface area contributed by atoms with Gasteiger partial charge in [-0.25, -0.2) is 0 Å². The fourth-order valence-corrected chi connectivity index (χ4v) is 2.26. The highest BCUT2D eigenvalue weighted by Gasteiger charge is 2.14. The van der Waals surface area contributed by atoms with Gasteiger partial charge in [-0.2, -0.15) is 0 Å². The number of likely N-dealkylation sites (N-methyl/N-ethyl adjacent to an activating group) is 1. The van der Waals surface area contributed by atoms with Gasteiger partial charge in [-0.05, 0) is 33.5 Å². The minimum absolute atomic E-state index is 0.220. The van der Waals surface area contributed by atoms with Crippen LogP contribution in [0, 0.1) is 0 Å². The van der Waals surface area contributed by atoms with Crippen molar-refractivity contribution in [2.45, 2.75) is 25.9 Å². The lowest BCUT2D eigenvalue weighted by Gasteiger charge is -2.24. The topological polar surface area (TPSA) is 48.9 Å². The molecule has 0 saturated heterocycles. The van der Waals surface area contributed by atoms with E-state index in [4.69, 9.17) is 9.73 Å². The van der Waals surface area contributed by atoms with Crippen molar-refractivity contribution >= 4 is 5.96 Å². The Bertz CT molecular complexity index is 434. The lowest BCUT2D eigenvalue weighted by molar-refractivity contribution is 0.179. The number of benzene rings is 1. The van der Waals surface area contributed by atoms with Crippen molar-refractivity contribution in [3.8, 4) is 0 Å². The third-order valence-corrected chi connectivity index (χ3v) is 3.37. The summed E-state index contributed by atoms with van der Waals surface area (Å²) in [6.07, 6.45) is 0. The summed E-state index contributed by atoms with van der Waals surface area (Å²) in [4.78, 5) is 6.93. The van der Waals surface area contributed by atoms with E-state index in [9.17, 15) is 0 Å². The Kier molecular flexibility index (Phi) is 8.55. The molecule has 0 aliphatic heterocycles. The molecule has 124 valence electrons. The summed E-state index contributed by atoms with van der Waals surface area (Å²) in [5.41, 5.74) is 1.28. The van der Waals surface area contributed by atoms with Crippen LogP contribution in [0.1, 0.15) is 25.5 Å². The smallest absolute Gasteiger partial charge is 0.191 e. The molecule has 0 spiro atoms. The molecule has 2 atom stereocenters. The standard InChI is InChI=1S/C17H30N4O/c1-6-18-17(20-14(2)13-22-5)19-12-16(21(3)4)15-10-8-7-9-11-15/h7-11,14,16H,6,12-13H2,1-5H3,(H2,18,19,20). The maximum atomic E-state index is 5.16. The molecule has 0 aromatic heterocycles. The molecule has 0 fully saturated rings. The summed E-state index contributed by atoms with van der Waals surface area (Å²) in [7, 11) is 5.88. The third kappa shape index (κ3) is 6.45. The summed E-state index contributed by atoms with van der Waals surface area (Å²) in [6.45, 7) is 6.34. The van der Waals surface area contributed by atoms with E-state index in [0.717, 1.165) is 12.5 Å². The second kappa shape index (κ2) is 10.2. The number of methoxy groups -OCH3 is 1. The zero-order chi connectivity index (χ0) is 16.4. The van der Waals surface area contributed by atoms with Crippen molar-refractivity contribution in [2.75, 3.05) is 40.9 Å². The number of nitrogens with one attached hydrogen (secondary N) is 2. The molecule has 0 aliphatic carbocycles. The maximum Gasteiger partial charge on any atom is 0.191 e.